The summed E-state index contributed by atoms with van der Waals surface area (Å²) in [5.74, 6) is -0.183. The van der Waals surface area contributed by atoms with E-state index in [9.17, 15) is 13.2 Å². The Labute approximate surface area is 146 Å². The van der Waals surface area contributed by atoms with Gasteiger partial charge in [0.25, 0.3) is 0 Å². The molecule has 7 heteroatoms. The molecule has 0 bridgehead atoms. The van der Waals surface area contributed by atoms with Crippen molar-refractivity contribution in [3.05, 3.63) is 60.2 Å². The smallest absolute Gasteiger partial charge is 0.242 e. The second-order valence-electron chi connectivity index (χ2n) is 5.98. The predicted molar refractivity (Wildman–Crippen MR) is 95.8 cm³/mol. The van der Waals surface area contributed by atoms with Crippen molar-refractivity contribution >= 4 is 26.8 Å². The highest BCUT2D eigenvalue weighted by molar-refractivity contribution is 7.90. The summed E-state index contributed by atoms with van der Waals surface area (Å²) in [6, 6.07) is 16.7. The third-order valence-electron chi connectivity index (χ3n) is 3.93. The first kappa shape index (κ1) is 17.2. The SMILES string of the molecule is CN(Cc1ccccc1)C(=O)Cn1c(S(C)(=O)=O)nc2ccccc21. The molecule has 0 saturated heterocycles. The fraction of sp³-hybridized carbons (Fsp3) is 0.222. The lowest BCUT2D eigenvalue weighted by Gasteiger charge is -2.18. The summed E-state index contributed by atoms with van der Waals surface area (Å²) in [4.78, 5) is 18.4. The van der Waals surface area contributed by atoms with E-state index in [2.05, 4.69) is 4.98 Å². The van der Waals surface area contributed by atoms with Gasteiger partial charge in [0, 0.05) is 19.8 Å². The van der Waals surface area contributed by atoms with Crippen molar-refractivity contribution in [3.8, 4) is 0 Å². The van der Waals surface area contributed by atoms with E-state index in [4.69, 9.17) is 0 Å². The van der Waals surface area contributed by atoms with Gasteiger partial charge in [-0.25, -0.2) is 13.4 Å². The summed E-state index contributed by atoms with van der Waals surface area (Å²) in [5.41, 5.74) is 2.20. The summed E-state index contributed by atoms with van der Waals surface area (Å²) in [5, 5.41) is -0.0878. The second-order valence-corrected chi connectivity index (χ2v) is 7.89. The molecule has 0 N–H and O–H groups in total. The normalized spacial score (nSPS) is 11.6. The Kier molecular flexibility index (Phi) is 4.59. The molecule has 0 atom stereocenters. The third kappa shape index (κ3) is 3.71. The number of para-hydroxylation sites is 2. The molecule has 0 aliphatic heterocycles. The number of likely N-dealkylation sites (N-methyl/N-ethyl adjacent to an activating group) is 1. The molecule has 0 saturated carbocycles. The number of carbonyl (C=O) groups excluding carboxylic acids is 1. The van der Waals surface area contributed by atoms with E-state index in [1.807, 2.05) is 30.3 Å². The number of imidazole rings is 1. The zero-order chi connectivity index (χ0) is 18.0. The molecular weight excluding hydrogens is 338 g/mol. The van der Waals surface area contributed by atoms with Crippen LogP contribution in [0.1, 0.15) is 5.56 Å². The van der Waals surface area contributed by atoms with Crippen LogP contribution in [0.25, 0.3) is 11.0 Å². The van der Waals surface area contributed by atoms with Crippen LogP contribution in [-0.4, -0.2) is 42.1 Å². The van der Waals surface area contributed by atoms with Crippen LogP contribution in [-0.2, 0) is 27.7 Å². The van der Waals surface area contributed by atoms with Gasteiger partial charge in [0.15, 0.2) is 0 Å². The number of rotatable bonds is 5. The first-order chi connectivity index (χ1) is 11.9. The quantitative estimate of drug-likeness (QED) is 0.701. The van der Waals surface area contributed by atoms with Gasteiger partial charge in [0.05, 0.1) is 11.0 Å². The van der Waals surface area contributed by atoms with E-state index in [0.717, 1.165) is 11.8 Å². The van der Waals surface area contributed by atoms with Crippen molar-refractivity contribution in [2.75, 3.05) is 13.3 Å². The maximum absolute atomic E-state index is 12.6. The molecule has 6 nitrogen and oxygen atoms in total. The average molecular weight is 357 g/mol. The molecular formula is C18H19N3O3S. The Hall–Kier alpha value is -2.67. The van der Waals surface area contributed by atoms with Gasteiger partial charge in [-0.2, -0.15) is 0 Å². The summed E-state index contributed by atoms with van der Waals surface area (Å²) in [6.07, 6.45) is 1.10. The van der Waals surface area contributed by atoms with Crippen LogP contribution in [0.5, 0.6) is 0 Å². The third-order valence-corrected chi connectivity index (χ3v) is 4.91. The molecule has 3 aromatic rings. The van der Waals surface area contributed by atoms with E-state index >= 15 is 0 Å². The zero-order valence-electron chi connectivity index (χ0n) is 14.1. The molecule has 25 heavy (non-hydrogen) atoms. The number of benzene rings is 2. The van der Waals surface area contributed by atoms with Crippen molar-refractivity contribution in [3.63, 3.8) is 0 Å². The second kappa shape index (κ2) is 6.68. The fourth-order valence-electron chi connectivity index (χ4n) is 2.69. The van der Waals surface area contributed by atoms with E-state index in [0.29, 0.717) is 17.6 Å². The van der Waals surface area contributed by atoms with Gasteiger partial charge in [-0.05, 0) is 17.7 Å². The number of carbonyl (C=O) groups is 1. The number of hydrogen-bond donors (Lipinski definition) is 0. The minimum atomic E-state index is -3.54. The topological polar surface area (TPSA) is 72.3 Å². The van der Waals surface area contributed by atoms with Crippen LogP contribution >= 0.6 is 0 Å². The van der Waals surface area contributed by atoms with Crippen molar-refractivity contribution in [1.82, 2.24) is 14.5 Å². The fourth-order valence-corrected chi connectivity index (χ4v) is 3.52. The van der Waals surface area contributed by atoms with E-state index in [1.54, 1.807) is 36.2 Å². The highest BCUT2D eigenvalue weighted by Crippen LogP contribution is 2.19. The number of aromatic nitrogens is 2. The van der Waals surface area contributed by atoms with E-state index < -0.39 is 9.84 Å². The van der Waals surface area contributed by atoms with Crippen molar-refractivity contribution in [1.29, 1.82) is 0 Å². The number of hydrogen-bond acceptors (Lipinski definition) is 4. The minimum absolute atomic E-state index is 0.0771. The van der Waals surface area contributed by atoms with E-state index in [1.165, 1.54) is 4.57 Å². The molecule has 2 aromatic carbocycles. The number of fused-ring (bicyclic) bond motifs is 1. The highest BCUT2D eigenvalue weighted by Gasteiger charge is 2.22. The molecule has 1 aromatic heterocycles. The van der Waals surface area contributed by atoms with Gasteiger partial charge in [-0.15, -0.1) is 0 Å². The van der Waals surface area contributed by atoms with Gasteiger partial charge in [-0.1, -0.05) is 42.5 Å². The molecule has 1 heterocycles. The molecule has 3 rings (SSSR count). The van der Waals surface area contributed by atoms with Crippen molar-refractivity contribution < 1.29 is 13.2 Å². The Balaban J connectivity index is 1.90. The summed E-state index contributed by atoms with van der Waals surface area (Å²) in [6.45, 7) is 0.382. The first-order valence-corrected chi connectivity index (χ1v) is 9.68. The van der Waals surface area contributed by atoms with Gasteiger partial charge < -0.3 is 9.47 Å². The molecule has 0 aliphatic rings. The van der Waals surface area contributed by atoms with Crippen molar-refractivity contribution in [2.24, 2.45) is 0 Å². The summed E-state index contributed by atoms with van der Waals surface area (Å²) < 4.78 is 25.6. The highest BCUT2D eigenvalue weighted by atomic mass is 32.2. The van der Waals surface area contributed by atoms with Gasteiger partial charge in [0.2, 0.25) is 20.9 Å². The maximum atomic E-state index is 12.6. The molecule has 0 spiro atoms. The van der Waals surface area contributed by atoms with Crippen LogP contribution in [0.3, 0.4) is 0 Å². The Morgan fingerprint density at radius 3 is 2.40 bits per heavy atom. The lowest BCUT2D eigenvalue weighted by atomic mass is 10.2. The number of sulfone groups is 1. The molecule has 1 amide bonds. The van der Waals surface area contributed by atoms with Crippen LogP contribution in [0.2, 0.25) is 0 Å². The van der Waals surface area contributed by atoms with Crippen LogP contribution in [0.4, 0.5) is 0 Å². The number of nitrogens with zero attached hydrogens (tertiary/aromatic N) is 3. The van der Waals surface area contributed by atoms with Crippen LogP contribution < -0.4 is 0 Å². The first-order valence-electron chi connectivity index (χ1n) is 7.79. The van der Waals surface area contributed by atoms with Gasteiger partial charge in [-0.3, -0.25) is 4.79 Å². The lowest BCUT2D eigenvalue weighted by molar-refractivity contribution is -0.131. The molecule has 0 radical (unpaired) electrons. The van der Waals surface area contributed by atoms with Crippen molar-refractivity contribution in [2.45, 2.75) is 18.2 Å². The standard InChI is InChI=1S/C18H19N3O3S/c1-20(12-14-8-4-3-5-9-14)17(22)13-21-16-11-7-6-10-15(16)19-18(21)25(2,23)24/h3-11H,12-13H2,1-2H3. The molecule has 0 fully saturated rings. The Morgan fingerprint density at radius 2 is 1.72 bits per heavy atom. The minimum Gasteiger partial charge on any atom is -0.340 e. The van der Waals surface area contributed by atoms with Crippen LogP contribution in [0, 0.1) is 0 Å². The molecule has 0 unspecified atom stereocenters. The maximum Gasteiger partial charge on any atom is 0.242 e. The van der Waals surface area contributed by atoms with Crippen LogP contribution in [0.15, 0.2) is 59.8 Å². The lowest BCUT2D eigenvalue weighted by Crippen LogP contribution is -2.30. The van der Waals surface area contributed by atoms with E-state index in [-0.39, 0.29) is 17.6 Å². The number of amides is 1. The summed E-state index contributed by atoms with van der Waals surface area (Å²) >= 11 is 0. The average Bonchev–Trinajstić information content (AvgIpc) is 2.95. The molecule has 0 aliphatic carbocycles. The summed E-state index contributed by atoms with van der Waals surface area (Å²) in [7, 11) is -1.84. The Morgan fingerprint density at radius 1 is 1.08 bits per heavy atom. The predicted octanol–water partition coefficient (Wildman–Crippen LogP) is 2.10. The monoisotopic (exact) mass is 357 g/mol. The van der Waals surface area contributed by atoms with Gasteiger partial charge >= 0.3 is 0 Å². The largest absolute Gasteiger partial charge is 0.340 e. The zero-order valence-corrected chi connectivity index (χ0v) is 14.9. The van der Waals surface area contributed by atoms with Gasteiger partial charge in [0.1, 0.15) is 6.54 Å². The molecule has 130 valence electrons. The Bertz CT molecular complexity index is 1010.